The average molecular weight is 457 g/mol. The van der Waals surface area contributed by atoms with Crippen LogP contribution in [0, 0.1) is 18.5 Å². The number of nitrogens with zero attached hydrogens (tertiary/aromatic N) is 1. The molecule has 1 nitrogen and oxygen atoms in total. The number of allylic oxidation sites excluding steroid dienone is 1. The third-order valence-electron chi connectivity index (χ3n) is 2.46. The monoisotopic (exact) mass is 457 g/mol. The van der Waals surface area contributed by atoms with Crippen molar-refractivity contribution in [3.8, 4) is 6.07 Å². The third-order valence-corrected chi connectivity index (χ3v) is 3.90. The van der Waals surface area contributed by atoms with Crippen molar-refractivity contribution in [3.05, 3.63) is 66.8 Å². The molecule has 0 bridgehead atoms. The Balaban J connectivity index is 2.37. The summed E-state index contributed by atoms with van der Waals surface area (Å²) in [6.07, 6.45) is 1.91. The van der Waals surface area contributed by atoms with Crippen LogP contribution in [0.25, 0.3) is 11.6 Å². The average Bonchev–Trinajstić information content (AvgIpc) is 2.39. The van der Waals surface area contributed by atoms with Gasteiger partial charge in [-0.3, -0.25) is 0 Å². The van der Waals surface area contributed by atoms with Crippen LogP contribution in [0.5, 0.6) is 0 Å². The summed E-state index contributed by atoms with van der Waals surface area (Å²) < 4.78 is 2.36. The largest absolute Gasteiger partial charge is 0.192 e. The van der Waals surface area contributed by atoms with Gasteiger partial charge in [0.15, 0.2) is 0 Å². The quantitative estimate of drug-likeness (QED) is 0.356. The minimum Gasteiger partial charge on any atom is -0.192 e. The summed E-state index contributed by atoms with van der Waals surface area (Å²) in [7, 11) is 0. The molecule has 0 heterocycles. The minimum absolute atomic E-state index is 0.688. The molecule has 88 valence electrons. The maximum atomic E-state index is 9.24. The van der Waals surface area contributed by atoms with Gasteiger partial charge in [0, 0.05) is 7.14 Å². The van der Waals surface area contributed by atoms with Crippen LogP contribution in [0.15, 0.2) is 48.5 Å². The van der Waals surface area contributed by atoms with Crippen molar-refractivity contribution in [2.75, 3.05) is 0 Å². The standard InChI is InChI=1S/C15H9I2N/c16-14-5-1-11(2-6-14)9-13(10-18)12-3-7-15(17)8-4-12/h1-9H/b13-9+. The molecule has 0 saturated carbocycles. The van der Waals surface area contributed by atoms with Crippen LogP contribution in [0.1, 0.15) is 11.1 Å². The van der Waals surface area contributed by atoms with E-state index in [1.54, 1.807) is 0 Å². The van der Waals surface area contributed by atoms with Crippen molar-refractivity contribution in [1.29, 1.82) is 5.26 Å². The molecule has 0 aliphatic heterocycles. The zero-order chi connectivity index (χ0) is 13.0. The number of benzene rings is 2. The summed E-state index contributed by atoms with van der Waals surface area (Å²) in [6.45, 7) is 0. The molecule has 0 aliphatic carbocycles. The molecular formula is C15H9I2N. The van der Waals surface area contributed by atoms with Crippen LogP contribution in [-0.2, 0) is 0 Å². The van der Waals surface area contributed by atoms with E-state index in [2.05, 4.69) is 51.3 Å². The van der Waals surface area contributed by atoms with Crippen molar-refractivity contribution >= 4 is 56.8 Å². The highest BCUT2D eigenvalue weighted by molar-refractivity contribution is 14.1. The van der Waals surface area contributed by atoms with E-state index < -0.39 is 0 Å². The first-order valence-electron chi connectivity index (χ1n) is 5.32. The summed E-state index contributed by atoms with van der Waals surface area (Å²) in [5.41, 5.74) is 2.69. The van der Waals surface area contributed by atoms with Crippen LogP contribution in [-0.4, -0.2) is 0 Å². The molecule has 2 aromatic rings. The van der Waals surface area contributed by atoms with Crippen LogP contribution < -0.4 is 0 Å². The van der Waals surface area contributed by atoms with Crippen molar-refractivity contribution in [3.63, 3.8) is 0 Å². The van der Waals surface area contributed by atoms with Gasteiger partial charge in [0.05, 0.1) is 11.6 Å². The Kier molecular flexibility index (Phi) is 4.78. The second-order valence-electron chi connectivity index (χ2n) is 3.73. The summed E-state index contributed by atoms with van der Waals surface area (Å²) in [5.74, 6) is 0. The highest BCUT2D eigenvalue weighted by Crippen LogP contribution is 2.19. The molecule has 3 heteroatoms. The Morgan fingerprint density at radius 3 is 1.89 bits per heavy atom. The first kappa shape index (κ1) is 13.6. The van der Waals surface area contributed by atoms with E-state index in [9.17, 15) is 5.26 Å². The first-order valence-corrected chi connectivity index (χ1v) is 7.48. The molecule has 0 fully saturated rings. The lowest BCUT2D eigenvalue weighted by molar-refractivity contribution is 1.51. The van der Waals surface area contributed by atoms with E-state index in [1.165, 1.54) is 7.14 Å². The molecule has 0 saturated heterocycles. The number of nitriles is 1. The second-order valence-corrected chi connectivity index (χ2v) is 6.22. The summed E-state index contributed by atoms with van der Waals surface area (Å²) >= 11 is 4.52. The van der Waals surface area contributed by atoms with Crippen LogP contribution in [0.3, 0.4) is 0 Å². The smallest absolute Gasteiger partial charge is 0.0998 e. The zero-order valence-corrected chi connectivity index (χ0v) is 13.7. The van der Waals surface area contributed by atoms with Gasteiger partial charge >= 0.3 is 0 Å². The fraction of sp³-hybridized carbons (Fsp3) is 0. The molecule has 0 unspecified atom stereocenters. The van der Waals surface area contributed by atoms with Crippen molar-refractivity contribution in [2.24, 2.45) is 0 Å². The molecule has 0 aliphatic rings. The summed E-state index contributed by atoms with van der Waals surface area (Å²) in [6, 6.07) is 18.3. The van der Waals surface area contributed by atoms with Crippen LogP contribution in [0.2, 0.25) is 0 Å². The molecule has 0 aromatic heterocycles. The molecule has 0 spiro atoms. The third kappa shape index (κ3) is 3.56. The van der Waals surface area contributed by atoms with Crippen LogP contribution in [0.4, 0.5) is 0 Å². The van der Waals surface area contributed by atoms with Gasteiger partial charge in [-0.15, -0.1) is 0 Å². The maximum absolute atomic E-state index is 9.24. The van der Waals surface area contributed by atoms with Gasteiger partial charge in [-0.05, 0) is 86.7 Å². The number of hydrogen-bond donors (Lipinski definition) is 0. The first-order chi connectivity index (χ1) is 8.69. The van der Waals surface area contributed by atoms with E-state index in [4.69, 9.17) is 0 Å². The maximum Gasteiger partial charge on any atom is 0.0998 e. The topological polar surface area (TPSA) is 23.8 Å². The normalized spacial score (nSPS) is 11.1. The fourth-order valence-corrected chi connectivity index (χ4v) is 2.25. The Morgan fingerprint density at radius 1 is 0.889 bits per heavy atom. The van der Waals surface area contributed by atoms with Crippen molar-refractivity contribution in [2.45, 2.75) is 0 Å². The molecule has 2 aromatic carbocycles. The SMILES string of the molecule is N#C/C(=C\c1ccc(I)cc1)c1ccc(I)cc1. The Morgan fingerprint density at radius 2 is 1.39 bits per heavy atom. The lowest BCUT2D eigenvalue weighted by Gasteiger charge is -2.00. The molecule has 0 N–H and O–H groups in total. The van der Waals surface area contributed by atoms with Gasteiger partial charge in [0.1, 0.15) is 0 Å². The predicted molar refractivity (Wildman–Crippen MR) is 91.8 cm³/mol. The van der Waals surface area contributed by atoms with E-state index in [0.717, 1.165) is 11.1 Å². The Bertz CT molecular complexity index is 604. The van der Waals surface area contributed by atoms with Gasteiger partial charge in [0.2, 0.25) is 0 Å². The van der Waals surface area contributed by atoms with Crippen molar-refractivity contribution in [1.82, 2.24) is 0 Å². The van der Waals surface area contributed by atoms with Gasteiger partial charge in [-0.1, -0.05) is 24.3 Å². The number of hydrogen-bond acceptors (Lipinski definition) is 1. The number of rotatable bonds is 2. The highest BCUT2D eigenvalue weighted by Gasteiger charge is 2.00. The molecule has 2 rings (SSSR count). The van der Waals surface area contributed by atoms with Crippen LogP contribution >= 0.6 is 45.2 Å². The predicted octanol–water partition coefficient (Wildman–Crippen LogP) is 4.96. The summed E-state index contributed by atoms with van der Waals surface area (Å²) in [4.78, 5) is 0. The fourth-order valence-electron chi connectivity index (χ4n) is 1.54. The zero-order valence-electron chi connectivity index (χ0n) is 9.40. The lowest BCUT2D eigenvalue weighted by atomic mass is 10.0. The molecule has 0 amide bonds. The highest BCUT2D eigenvalue weighted by atomic mass is 127. The van der Waals surface area contributed by atoms with Gasteiger partial charge in [-0.25, -0.2) is 0 Å². The van der Waals surface area contributed by atoms with E-state index in [-0.39, 0.29) is 0 Å². The minimum atomic E-state index is 0.688. The molecule has 0 radical (unpaired) electrons. The van der Waals surface area contributed by atoms with Crippen molar-refractivity contribution < 1.29 is 0 Å². The second kappa shape index (κ2) is 6.34. The van der Waals surface area contributed by atoms with E-state index in [1.807, 2.05) is 54.6 Å². The Hall–Kier alpha value is -0.870. The van der Waals surface area contributed by atoms with Gasteiger partial charge in [-0.2, -0.15) is 5.26 Å². The summed E-state index contributed by atoms with van der Waals surface area (Å²) in [5, 5.41) is 9.24. The lowest BCUT2D eigenvalue weighted by Crippen LogP contribution is -1.83. The number of halogens is 2. The Labute approximate surface area is 134 Å². The molecular weight excluding hydrogens is 448 g/mol. The van der Waals surface area contributed by atoms with E-state index in [0.29, 0.717) is 5.57 Å². The van der Waals surface area contributed by atoms with E-state index >= 15 is 0 Å². The van der Waals surface area contributed by atoms with Gasteiger partial charge in [0.25, 0.3) is 0 Å². The molecule has 18 heavy (non-hydrogen) atoms. The molecule has 0 atom stereocenters. The van der Waals surface area contributed by atoms with Gasteiger partial charge < -0.3 is 0 Å².